The zero-order chi connectivity index (χ0) is 7.84. The summed E-state index contributed by atoms with van der Waals surface area (Å²) in [5.74, 6) is 0. The Kier molecular flexibility index (Phi) is 1.90. The van der Waals surface area contributed by atoms with Crippen molar-refractivity contribution in [3.05, 3.63) is 0 Å². The molecule has 64 valence electrons. The van der Waals surface area contributed by atoms with Crippen molar-refractivity contribution < 1.29 is 0 Å². The zero-order valence-electron chi connectivity index (χ0n) is 7.29. The van der Waals surface area contributed by atoms with Crippen molar-refractivity contribution in [2.75, 3.05) is 6.54 Å². The highest BCUT2D eigenvalue weighted by molar-refractivity contribution is 4.97. The van der Waals surface area contributed by atoms with Gasteiger partial charge in [-0.2, -0.15) is 0 Å². The Morgan fingerprint density at radius 2 is 2.00 bits per heavy atom. The lowest BCUT2D eigenvalue weighted by molar-refractivity contribution is 0.130. The molecular weight excluding hydrogens is 136 g/mol. The normalized spacial score (nSPS) is 44.7. The van der Waals surface area contributed by atoms with Crippen molar-refractivity contribution in [1.29, 1.82) is 0 Å². The summed E-state index contributed by atoms with van der Waals surface area (Å²) >= 11 is 0. The van der Waals surface area contributed by atoms with Gasteiger partial charge in [-0.15, -0.1) is 0 Å². The first-order valence-electron chi connectivity index (χ1n) is 4.84. The maximum atomic E-state index is 6.04. The fourth-order valence-corrected chi connectivity index (χ4v) is 2.81. The molecule has 2 heteroatoms. The van der Waals surface area contributed by atoms with Crippen LogP contribution in [0.3, 0.4) is 0 Å². The minimum Gasteiger partial charge on any atom is -0.326 e. The highest BCUT2D eigenvalue weighted by Crippen LogP contribution is 2.34. The molecule has 2 saturated heterocycles. The highest BCUT2D eigenvalue weighted by Gasteiger charge is 2.39. The number of piperidine rings is 1. The number of rotatable bonds is 1. The molecule has 0 aromatic carbocycles. The van der Waals surface area contributed by atoms with Crippen LogP contribution in [0.15, 0.2) is 0 Å². The molecule has 0 radical (unpaired) electrons. The van der Waals surface area contributed by atoms with Crippen LogP contribution >= 0.6 is 0 Å². The molecule has 2 nitrogen and oxygen atoms in total. The third kappa shape index (κ3) is 1.09. The maximum absolute atomic E-state index is 6.04. The van der Waals surface area contributed by atoms with Crippen LogP contribution in [-0.2, 0) is 0 Å². The van der Waals surface area contributed by atoms with Gasteiger partial charge in [0.1, 0.15) is 0 Å². The van der Waals surface area contributed by atoms with E-state index in [1.165, 1.54) is 32.2 Å². The van der Waals surface area contributed by atoms with Crippen molar-refractivity contribution in [3.8, 4) is 0 Å². The third-order valence-corrected chi connectivity index (χ3v) is 3.38. The van der Waals surface area contributed by atoms with Gasteiger partial charge < -0.3 is 5.73 Å². The van der Waals surface area contributed by atoms with Gasteiger partial charge in [-0.1, -0.05) is 6.92 Å². The lowest BCUT2D eigenvalue weighted by Crippen LogP contribution is -2.50. The molecule has 0 amide bonds. The van der Waals surface area contributed by atoms with Crippen LogP contribution in [0.2, 0.25) is 0 Å². The number of nitrogens with two attached hydrogens (primary N) is 1. The van der Waals surface area contributed by atoms with Crippen LogP contribution in [0.1, 0.15) is 32.6 Å². The maximum Gasteiger partial charge on any atom is 0.0250 e. The molecule has 11 heavy (non-hydrogen) atoms. The van der Waals surface area contributed by atoms with Crippen LogP contribution in [0.4, 0.5) is 0 Å². The SMILES string of the molecule is CCN1C2CCC(N)C1CC2. The van der Waals surface area contributed by atoms with Crippen molar-refractivity contribution in [3.63, 3.8) is 0 Å². The van der Waals surface area contributed by atoms with E-state index in [4.69, 9.17) is 5.73 Å². The largest absolute Gasteiger partial charge is 0.326 e. The molecule has 0 aliphatic carbocycles. The van der Waals surface area contributed by atoms with Gasteiger partial charge >= 0.3 is 0 Å². The first kappa shape index (κ1) is 7.56. The van der Waals surface area contributed by atoms with Crippen LogP contribution < -0.4 is 5.73 Å². The van der Waals surface area contributed by atoms with E-state index in [1.807, 2.05) is 0 Å². The second-order valence-electron chi connectivity index (χ2n) is 3.87. The Hall–Kier alpha value is -0.0800. The van der Waals surface area contributed by atoms with E-state index in [0.29, 0.717) is 6.04 Å². The summed E-state index contributed by atoms with van der Waals surface area (Å²) in [4.78, 5) is 2.61. The minimum absolute atomic E-state index is 0.466. The van der Waals surface area contributed by atoms with Crippen LogP contribution in [0.25, 0.3) is 0 Å². The molecule has 0 saturated carbocycles. The second-order valence-corrected chi connectivity index (χ2v) is 3.87. The van der Waals surface area contributed by atoms with Gasteiger partial charge in [0.25, 0.3) is 0 Å². The van der Waals surface area contributed by atoms with Gasteiger partial charge in [-0.25, -0.2) is 0 Å². The molecule has 0 spiro atoms. The van der Waals surface area contributed by atoms with Gasteiger partial charge in [0.15, 0.2) is 0 Å². The van der Waals surface area contributed by atoms with E-state index < -0.39 is 0 Å². The summed E-state index contributed by atoms with van der Waals surface area (Å²) < 4.78 is 0. The number of nitrogens with zero attached hydrogens (tertiary/aromatic N) is 1. The van der Waals surface area contributed by atoms with Gasteiger partial charge in [0, 0.05) is 18.1 Å². The summed E-state index contributed by atoms with van der Waals surface area (Å²) in [7, 11) is 0. The number of hydrogen-bond donors (Lipinski definition) is 1. The summed E-state index contributed by atoms with van der Waals surface area (Å²) in [5.41, 5.74) is 6.04. The van der Waals surface area contributed by atoms with Crippen molar-refractivity contribution in [2.45, 2.75) is 50.7 Å². The molecule has 2 rings (SSSR count). The molecule has 2 N–H and O–H groups in total. The minimum atomic E-state index is 0.466. The third-order valence-electron chi connectivity index (χ3n) is 3.38. The Bertz CT molecular complexity index is 146. The first-order valence-corrected chi connectivity index (χ1v) is 4.84. The van der Waals surface area contributed by atoms with Gasteiger partial charge in [0.2, 0.25) is 0 Å². The molecule has 0 aromatic heterocycles. The van der Waals surface area contributed by atoms with E-state index in [9.17, 15) is 0 Å². The molecule has 2 aliphatic heterocycles. The van der Waals surface area contributed by atoms with Crippen LogP contribution in [0.5, 0.6) is 0 Å². The lowest BCUT2D eigenvalue weighted by Gasteiger charge is -2.37. The number of hydrogen-bond acceptors (Lipinski definition) is 2. The predicted octanol–water partition coefficient (Wildman–Crippen LogP) is 0.960. The predicted molar refractivity (Wildman–Crippen MR) is 46.4 cm³/mol. The van der Waals surface area contributed by atoms with E-state index in [2.05, 4.69) is 11.8 Å². The monoisotopic (exact) mass is 154 g/mol. The van der Waals surface area contributed by atoms with E-state index in [1.54, 1.807) is 0 Å². The van der Waals surface area contributed by atoms with Gasteiger partial charge in [-0.3, -0.25) is 4.90 Å². The van der Waals surface area contributed by atoms with Crippen molar-refractivity contribution >= 4 is 0 Å². The van der Waals surface area contributed by atoms with E-state index >= 15 is 0 Å². The summed E-state index contributed by atoms with van der Waals surface area (Å²) in [6, 6.07) is 2.07. The lowest BCUT2D eigenvalue weighted by atomic mass is 9.98. The molecule has 2 bridgehead atoms. The molecule has 3 atom stereocenters. The van der Waals surface area contributed by atoms with Gasteiger partial charge in [0.05, 0.1) is 0 Å². The van der Waals surface area contributed by atoms with E-state index in [0.717, 1.165) is 12.1 Å². The Morgan fingerprint density at radius 3 is 2.64 bits per heavy atom. The Morgan fingerprint density at radius 1 is 1.27 bits per heavy atom. The average molecular weight is 154 g/mol. The molecule has 2 heterocycles. The molecule has 0 aromatic rings. The fraction of sp³-hybridized carbons (Fsp3) is 1.00. The quantitative estimate of drug-likeness (QED) is 0.609. The number of fused-ring (bicyclic) bond motifs is 2. The number of likely N-dealkylation sites (N-methyl/N-ethyl adjacent to an activating group) is 1. The topological polar surface area (TPSA) is 29.3 Å². The summed E-state index contributed by atoms with van der Waals surface area (Å²) in [5, 5.41) is 0. The Balaban J connectivity index is 2.10. The van der Waals surface area contributed by atoms with Crippen molar-refractivity contribution in [1.82, 2.24) is 4.90 Å². The molecule has 2 aliphatic rings. The van der Waals surface area contributed by atoms with Crippen LogP contribution in [0, 0.1) is 0 Å². The molecule has 2 fully saturated rings. The molecule has 3 unspecified atom stereocenters. The summed E-state index contributed by atoms with van der Waals surface area (Å²) in [6.45, 7) is 3.45. The van der Waals surface area contributed by atoms with E-state index in [-0.39, 0.29) is 0 Å². The molecular formula is C9H18N2. The smallest absolute Gasteiger partial charge is 0.0250 e. The highest BCUT2D eigenvalue weighted by atomic mass is 15.2. The first-order chi connectivity index (χ1) is 5.33. The standard InChI is InChI=1S/C9H18N2/c1-2-11-7-3-5-8(10)9(11)6-4-7/h7-9H,2-6,10H2,1H3. The van der Waals surface area contributed by atoms with Crippen molar-refractivity contribution in [2.24, 2.45) is 5.73 Å². The van der Waals surface area contributed by atoms with Crippen LogP contribution in [-0.4, -0.2) is 29.6 Å². The second kappa shape index (κ2) is 2.76. The zero-order valence-corrected chi connectivity index (χ0v) is 7.29. The summed E-state index contributed by atoms with van der Waals surface area (Å²) in [6.07, 6.45) is 5.34. The average Bonchev–Trinajstić information content (AvgIpc) is 2.34. The fourth-order valence-electron chi connectivity index (χ4n) is 2.81. The Labute approximate surface area is 68.7 Å². The van der Waals surface area contributed by atoms with Gasteiger partial charge in [-0.05, 0) is 32.2 Å².